The Hall–Kier alpha value is -2.93. The van der Waals surface area contributed by atoms with E-state index in [1.165, 1.54) is 7.11 Å². The van der Waals surface area contributed by atoms with Gasteiger partial charge in [0.15, 0.2) is 5.11 Å². The van der Waals surface area contributed by atoms with Crippen molar-refractivity contribution in [3.8, 4) is 5.75 Å². The van der Waals surface area contributed by atoms with Crippen LogP contribution < -0.4 is 20.6 Å². The summed E-state index contributed by atoms with van der Waals surface area (Å²) in [5.74, 6) is -0.673. The van der Waals surface area contributed by atoms with Gasteiger partial charge in [-0.25, -0.2) is 0 Å². The van der Waals surface area contributed by atoms with E-state index in [9.17, 15) is 9.90 Å². The van der Waals surface area contributed by atoms with E-state index in [1.807, 2.05) is 32.0 Å². The molecule has 6 nitrogen and oxygen atoms in total. The minimum atomic E-state index is -1.17. The number of anilines is 1. The molecule has 0 heterocycles. The second-order valence-corrected chi connectivity index (χ2v) is 6.51. The van der Waals surface area contributed by atoms with Crippen molar-refractivity contribution >= 4 is 34.7 Å². The molecule has 27 heavy (non-hydrogen) atoms. The number of carboxylic acid groups (broad SMARTS) is 1. The highest BCUT2D eigenvalue weighted by molar-refractivity contribution is 7.80. The second-order valence-electron chi connectivity index (χ2n) is 6.11. The van der Waals surface area contributed by atoms with Crippen molar-refractivity contribution in [3.63, 3.8) is 0 Å². The van der Waals surface area contributed by atoms with Gasteiger partial charge in [0, 0.05) is 23.6 Å². The molecule has 0 aliphatic rings. The lowest BCUT2D eigenvalue weighted by Crippen LogP contribution is -2.26. The van der Waals surface area contributed by atoms with Gasteiger partial charge >= 0.3 is 0 Å². The standard InChI is InChI=1S/C20H23N3O3S/c1-12-6-5-7-13(2)19(12)21-20(27)23-22-14(3)15-8-9-17(26-4)16(10-15)11-18(24)25/h5-10H,11H2,1-4H3,(H,24,25)(H2,21,23,27)/p-1/b22-14-. The number of hydrogen-bond acceptors (Lipinski definition) is 5. The van der Waals surface area contributed by atoms with Crippen molar-refractivity contribution in [1.82, 2.24) is 5.43 Å². The lowest BCUT2D eigenvalue weighted by Gasteiger charge is -2.14. The van der Waals surface area contributed by atoms with Gasteiger partial charge in [-0.1, -0.05) is 18.2 Å². The van der Waals surface area contributed by atoms with Gasteiger partial charge in [0.2, 0.25) is 0 Å². The maximum absolute atomic E-state index is 10.9. The Balaban J connectivity index is 2.13. The Labute approximate surface area is 164 Å². The first-order valence-corrected chi connectivity index (χ1v) is 8.77. The number of carbonyl (C=O) groups is 1. The number of aliphatic carboxylic acids is 1. The number of hydrogen-bond donors (Lipinski definition) is 2. The lowest BCUT2D eigenvalue weighted by atomic mass is 10.0. The zero-order chi connectivity index (χ0) is 20.0. The van der Waals surface area contributed by atoms with Crippen LogP contribution in [-0.2, 0) is 11.2 Å². The normalized spacial score (nSPS) is 11.0. The van der Waals surface area contributed by atoms with Crippen LogP contribution in [0.4, 0.5) is 5.69 Å². The van der Waals surface area contributed by atoms with Gasteiger partial charge in [0.1, 0.15) is 5.75 Å². The van der Waals surface area contributed by atoms with Crippen LogP contribution in [0.2, 0.25) is 0 Å². The van der Waals surface area contributed by atoms with E-state index in [-0.39, 0.29) is 6.42 Å². The summed E-state index contributed by atoms with van der Waals surface area (Å²) >= 11 is 5.31. The molecule has 7 heteroatoms. The van der Waals surface area contributed by atoms with Crippen LogP contribution in [0.25, 0.3) is 0 Å². The first kappa shape index (κ1) is 20.4. The number of para-hydroxylation sites is 1. The van der Waals surface area contributed by atoms with Gasteiger partial charge < -0.3 is 20.0 Å². The monoisotopic (exact) mass is 384 g/mol. The topological polar surface area (TPSA) is 85.8 Å². The molecule has 142 valence electrons. The molecule has 0 aliphatic carbocycles. The minimum absolute atomic E-state index is 0.232. The highest BCUT2D eigenvalue weighted by Crippen LogP contribution is 2.21. The van der Waals surface area contributed by atoms with Gasteiger partial charge in [-0.05, 0) is 67.9 Å². The minimum Gasteiger partial charge on any atom is -0.550 e. The van der Waals surface area contributed by atoms with E-state index in [4.69, 9.17) is 17.0 Å². The van der Waals surface area contributed by atoms with Crippen LogP contribution in [0.3, 0.4) is 0 Å². The van der Waals surface area contributed by atoms with E-state index in [2.05, 4.69) is 15.8 Å². The molecule has 0 atom stereocenters. The zero-order valence-electron chi connectivity index (χ0n) is 15.8. The lowest BCUT2D eigenvalue weighted by molar-refractivity contribution is -0.304. The number of rotatable bonds is 6. The molecule has 0 aliphatic heterocycles. The molecular formula is C20H22N3O3S-. The van der Waals surface area contributed by atoms with Gasteiger partial charge in [-0.3, -0.25) is 5.43 Å². The molecule has 2 aromatic rings. The van der Waals surface area contributed by atoms with E-state index in [0.717, 1.165) is 22.4 Å². The molecule has 0 spiro atoms. The highest BCUT2D eigenvalue weighted by Gasteiger charge is 2.08. The summed E-state index contributed by atoms with van der Waals surface area (Å²) in [5, 5.41) is 18.7. The summed E-state index contributed by atoms with van der Waals surface area (Å²) in [5.41, 5.74) is 7.88. The Morgan fingerprint density at radius 3 is 2.48 bits per heavy atom. The average molecular weight is 384 g/mol. The Morgan fingerprint density at radius 1 is 1.22 bits per heavy atom. The Kier molecular flexibility index (Phi) is 6.90. The summed E-state index contributed by atoms with van der Waals surface area (Å²) < 4.78 is 5.19. The molecule has 2 aromatic carbocycles. The van der Waals surface area contributed by atoms with Crippen LogP contribution in [-0.4, -0.2) is 23.9 Å². The molecule has 0 aromatic heterocycles. The molecule has 0 radical (unpaired) electrons. The van der Waals surface area contributed by atoms with Gasteiger partial charge in [0.05, 0.1) is 12.8 Å². The van der Waals surface area contributed by atoms with Gasteiger partial charge in [-0.2, -0.15) is 5.10 Å². The molecule has 0 amide bonds. The fraction of sp³-hybridized carbons (Fsp3) is 0.250. The predicted octanol–water partition coefficient (Wildman–Crippen LogP) is 2.32. The van der Waals surface area contributed by atoms with Crippen molar-refractivity contribution < 1.29 is 14.6 Å². The van der Waals surface area contributed by atoms with Crippen molar-refractivity contribution in [3.05, 3.63) is 58.7 Å². The smallest absolute Gasteiger partial charge is 0.191 e. The SMILES string of the molecule is COc1ccc(/C(C)=N\NC(=S)Nc2c(C)cccc2C)cc1CC(=O)[O-]. The summed E-state index contributed by atoms with van der Waals surface area (Å²) in [7, 11) is 1.49. The fourth-order valence-electron chi connectivity index (χ4n) is 2.65. The first-order valence-electron chi connectivity index (χ1n) is 8.36. The molecule has 0 bridgehead atoms. The first-order chi connectivity index (χ1) is 12.8. The summed E-state index contributed by atoms with van der Waals surface area (Å²) in [6.45, 7) is 5.81. The highest BCUT2D eigenvalue weighted by atomic mass is 32.1. The van der Waals surface area contributed by atoms with Crippen LogP contribution in [0.15, 0.2) is 41.5 Å². The number of methoxy groups -OCH3 is 1. The maximum atomic E-state index is 10.9. The third-order valence-corrected chi connectivity index (χ3v) is 4.27. The number of nitrogens with one attached hydrogen (secondary N) is 2. The molecule has 0 unspecified atom stereocenters. The van der Waals surface area contributed by atoms with Crippen LogP contribution in [0.1, 0.15) is 29.2 Å². The number of nitrogens with zero attached hydrogens (tertiary/aromatic N) is 1. The van der Waals surface area contributed by atoms with Crippen molar-refractivity contribution in [2.24, 2.45) is 5.10 Å². The van der Waals surface area contributed by atoms with E-state index in [1.54, 1.807) is 25.1 Å². The van der Waals surface area contributed by atoms with E-state index >= 15 is 0 Å². The van der Waals surface area contributed by atoms with Crippen LogP contribution in [0, 0.1) is 13.8 Å². The second kappa shape index (κ2) is 9.14. The number of hydrazone groups is 1. The van der Waals surface area contributed by atoms with Crippen molar-refractivity contribution in [2.75, 3.05) is 12.4 Å². The molecular weight excluding hydrogens is 362 g/mol. The molecule has 0 fully saturated rings. The zero-order valence-corrected chi connectivity index (χ0v) is 16.6. The number of carbonyl (C=O) groups excluding carboxylic acids is 1. The van der Waals surface area contributed by atoms with Crippen LogP contribution >= 0.6 is 12.2 Å². The molecule has 2 rings (SSSR count). The maximum Gasteiger partial charge on any atom is 0.191 e. The van der Waals surface area contributed by atoms with Gasteiger partial charge in [0.25, 0.3) is 0 Å². The Morgan fingerprint density at radius 2 is 1.89 bits per heavy atom. The molecule has 0 saturated heterocycles. The summed E-state index contributed by atoms with van der Waals surface area (Å²) in [4.78, 5) is 10.9. The molecule has 0 saturated carbocycles. The molecule has 2 N–H and O–H groups in total. The van der Waals surface area contributed by atoms with Crippen molar-refractivity contribution in [2.45, 2.75) is 27.2 Å². The third kappa shape index (κ3) is 5.52. The number of aryl methyl sites for hydroxylation is 2. The van der Waals surface area contributed by atoms with Gasteiger partial charge in [-0.15, -0.1) is 0 Å². The largest absolute Gasteiger partial charge is 0.550 e. The predicted molar refractivity (Wildman–Crippen MR) is 109 cm³/mol. The summed E-state index contributed by atoms with van der Waals surface area (Å²) in [6, 6.07) is 11.2. The Bertz CT molecular complexity index is 874. The van der Waals surface area contributed by atoms with E-state index in [0.29, 0.717) is 22.1 Å². The fourth-order valence-corrected chi connectivity index (χ4v) is 2.80. The van der Waals surface area contributed by atoms with E-state index < -0.39 is 5.97 Å². The third-order valence-electron chi connectivity index (χ3n) is 4.08. The number of ether oxygens (including phenoxy) is 1. The quantitative estimate of drug-likeness (QED) is 0.452. The average Bonchev–Trinajstić information content (AvgIpc) is 2.62. The number of carboxylic acids is 1. The summed E-state index contributed by atoms with van der Waals surface area (Å²) in [6.07, 6.45) is -0.232. The van der Waals surface area contributed by atoms with Crippen LogP contribution in [0.5, 0.6) is 5.75 Å². The number of thiocarbonyl (C=S) groups is 1. The van der Waals surface area contributed by atoms with Crippen molar-refractivity contribution in [1.29, 1.82) is 0 Å². The number of benzene rings is 2.